The lowest BCUT2D eigenvalue weighted by Crippen LogP contribution is -2.60. The van der Waals surface area contributed by atoms with E-state index in [-0.39, 0.29) is 18.2 Å². The van der Waals surface area contributed by atoms with E-state index in [1.54, 1.807) is 0 Å². The molecule has 2 bridgehead atoms. The summed E-state index contributed by atoms with van der Waals surface area (Å²) in [6.07, 6.45) is 7.59. The third kappa shape index (κ3) is 5.36. The highest BCUT2D eigenvalue weighted by Gasteiger charge is 2.38. The Morgan fingerprint density at radius 3 is 2.57 bits per heavy atom. The van der Waals surface area contributed by atoms with Crippen LogP contribution in [0.25, 0.3) is 0 Å². The number of nitrogens with zero attached hydrogens (tertiary/aromatic N) is 1. The summed E-state index contributed by atoms with van der Waals surface area (Å²) < 4.78 is 39.9. The zero-order valence-electron chi connectivity index (χ0n) is 18.5. The quantitative estimate of drug-likeness (QED) is 0.771. The van der Waals surface area contributed by atoms with Crippen LogP contribution in [0.3, 0.4) is 0 Å². The predicted octanol–water partition coefficient (Wildman–Crippen LogP) is 3.28. The molecule has 6 nitrogen and oxygen atoms in total. The molecule has 1 aromatic carbocycles. The topological polar surface area (TPSA) is 67.9 Å². The fourth-order valence-corrected chi connectivity index (χ4v) is 6.29. The molecule has 1 aromatic rings. The van der Waals surface area contributed by atoms with Gasteiger partial charge in [-0.05, 0) is 76.5 Å². The van der Waals surface area contributed by atoms with Crippen molar-refractivity contribution in [3.05, 3.63) is 29.8 Å². The molecule has 168 valence electrons. The molecule has 0 amide bonds. The van der Waals surface area contributed by atoms with Gasteiger partial charge >= 0.3 is 0 Å². The second-order valence-corrected chi connectivity index (χ2v) is 11.7. The van der Waals surface area contributed by atoms with Crippen LogP contribution in [0.2, 0.25) is 0 Å². The number of sulfonamides is 1. The van der Waals surface area contributed by atoms with Gasteiger partial charge in [-0.3, -0.25) is 4.90 Å². The minimum absolute atomic E-state index is 0.0186. The van der Waals surface area contributed by atoms with Crippen LogP contribution in [0.15, 0.2) is 24.3 Å². The monoisotopic (exact) mass is 436 g/mol. The van der Waals surface area contributed by atoms with Gasteiger partial charge in [0.15, 0.2) is 0 Å². The van der Waals surface area contributed by atoms with Crippen LogP contribution in [-0.2, 0) is 14.8 Å². The summed E-state index contributed by atoms with van der Waals surface area (Å²) in [6.45, 7) is 6.48. The van der Waals surface area contributed by atoms with E-state index < -0.39 is 15.6 Å². The molecule has 0 aromatic heterocycles. The zero-order chi connectivity index (χ0) is 21.4. The molecule has 4 aliphatic rings. The lowest BCUT2D eigenvalue weighted by molar-refractivity contribution is -0.0427. The fourth-order valence-electron chi connectivity index (χ4n) is 5.46. The van der Waals surface area contributed by atoms with Crippen LogP contribution in [0, 0.1) is 0 Å². The first-order valence-electron chi connectivity index (χ1n) is 11.3. The Bertz CT molecular complexity index is 833. The third-order valence-electron chi connectivity index (χ3n) is 6.77. The Morgan fingerprint density at radius 2 is 1.83 bits per heavy atom. The van der Waals surface area contributed by atoms with Crippen LogP contribution in [0.1, 0.15) is 63.9 Å². The molecule has 1 unspecified atom stereocenters. The maximum Gasteiger partial charge on any atom is 0.209 e. The van der Waals surface area contributed by atoms with Crippen molar-refractivity contribution < 1.29 is 17.9 Å². The zero-order valence-corrected chi connectivity index (χ0v) is 19.3. The van der Waals surface area contributed by atoms with Gasteiger partial charge in [-0.1, -0.05) is 18.2 Å². The largest absolute Gasteiger partial charge is 0.486 e. The molecule has 7 heteroatoms. The van der Waals surface area contributed by atoms with Crippen molar-refractivity contribution in [3.63, 3.8) is 0 Å². The van der Waals surface area contributed by atoms with Gasteiger partial charge in [0.1, 0.15) is 11.4 Å². The minimum atomic E-state index is -3.27. The van der Waals surface area contributed by atoms with Gasteiger partial charge < -0.3 is 9.47 Å². The van der Waals surface area contributed by atoms with Gasteiger partial charge in [0, 0.05) is 18.6 Å². The molecule has 1 saturated carbocycles. The van der Waals surface area contributed by atoms with Crippen LogP contribution in [0.5, 0.6) is 5.75 Å². The van der Waals surface area contributed by atoms with E-state index in [1.807, 2.05) is 0 Å². The third-order valence-corrected chi connectivity index (χ3v) is 7.50. The van der Waals surface area contributed by atoms with Crippen LogP contribution in [0.4, 0.5) is 0 Å². The van der Waals surface area contributed by atoms with Crippen LogP contribution < -0.4 is 9.46 Å². The van der Waals surface area contributed by atoms with Crippen molar-refractivity contribution in [2.75, 3.05) is 26.0 Å². The molecular formula is C23H36N2O4S. The van der Waals surface area contributed by atoms with Crippen molar-refractivity contribution in [1.29, 1.82) is 0 Å². The normalized spacial score (nSPS) is 32.6. The fraction of sp³-hybridized carbons (Fsp3) is 0.739. The molecule has 2 atom stereocenters. The number of rotatable bonds is 2. The Kier molecular flexibility index (Phi) is 6.45. The molecular weight excluding hydrogens is 400 g/mol. The maximum atomic E-state index is 12.0. The number of piperidine rings is 1. The Hall–Kier alpha value is -1.15. The summed E-state index contributed by atoms with van der Waals surface area (Å²) in [5.41, 5.74) is 0.919. The van der Waals surface area contributed by atoms with Crippen molar-refractivity contribution >= 4 is 10.0 Å². The summed E-state index contributed by atoms with van der Waals surface area (Å²) in [4.78, 5) is 2.37. The van der Waals surface area contributed by atoms with Gasteiger partial charge in [0.2, 0.25) is 10.0 Å². The van der Waals surface area contributed by atoms with Crippen molar-refractivity contribution in [2.45, 2.75) is 82.1 Å². The van der Waals surface area contributed by atoms with Crippen molar-refractivity contribution in [3.8, 4) is 5.75 Å². The minimum Gasteiger partial charge on any atom is -0.486 e. The van der Waals surface area contributed by atoms with E-state index in [2.05, 4.69) is 47.7 Å². The first kappa shape index (κ1) is 22.1. The standard InChI is InChI=1S/C23H36N2O4S/c1-23(2)16-25-14-6-8-20(24-30(3,26)27)21(25)15-28-18-12-10-17(11-13-18)19-7-4-5-9-22(19)29-23/h4-5,7,9,17-18,20-21,24H,6,8,10-16H2,1-3H3/t17?,18?,20-,21?/m0/s1. The molecule has 3 aliphatic heterocycles. The average molecular weight is 437 g/mol. The van der Waals surface area contributed by atoms with E-state index >= 15 is 0 Å². The molecule has 0 radical (unpaired) electrons. The molecule has 30 heavy (non-hydrogen) atoms. The first-order valence-corrected chi connectivity index (χ1v) is 13.2. The Morgan fingerprint density at radius 1 is 1.10 bits per heavy atom. The van der Waals surface area contributed by atoms with Gasteiger partial charge in [-0.15, -0.1) is 0 Å². The number of benzene rings is 1. The molecule has 2 fully saturated rings. The lowest BCUT2D eigenvalue weighted by Gasteiger charge is -2.44. The van der Waals surface area contributed by atoms with Gasteiger partial charge in [0.05, 0.1) is 19.0 Å². The highest BCUT2D eigenvalue weighted by Crippen LogP contribution is 2.40. The van der Waals surface area contributed by atoms with E-state index in [4.69, 9.17) is 9.47 Å². The number of ether oxygens (including phenoxy) is 2. The molecule has 3 heterocycles. The maximum absolute atomic E-state index is 12.0. The predicted molar refractivity (Wildman–Crippen MR) is 118 cm³/mol. The van der Waals surface area contributed by atoms with Crippen molar-refractivity contribution in [1.82, 2.24) is 9.62 Å². The molecule has 0 spiro atoms. The number of fused-ring (bicyclic) bond motifs is 5. The number of nitrogens with one attached hydrogen (secondary N) is 1. The SMILES string of the molecule is CC1(C)CN2CCC[C@H](NS(C)(=O)=O)C2COC2CCC(CC2)c2ccccc2O1. The second-order valence-electron chi connectivity index (χ2n) is 9.88. The molecule has 5 rings (SSSR count). The van der Waals surface area contributed by atoms with Gasteiger partial charge in [-0.25, -0.2) is 13.1 Å². The second kappa shape index (κ2) is 8.77. The highest BCUT2D eigenvalue weighted by molar-refractivity contribution is 7.88. The Balaban J connectivity index is 1.64. The molecule has 1 saturated heterocycles. The van der Waals surface area contributed by atoms with E-state index in [0.717, 1.165) is 57.4 Å². The highest BCUT2D eigenvalue weighted by atomic mass is 32.2. The van der Waals surface area contributed by atoms with Crippen LogP contribution in [-0.4, -0.2) is 63.1 Å². The van der Waals surface area contributed by atoms with Crippen LogP contribution >= 0.6 is 0 Å². The lowest BCUT2D eigenvalue weighted by atomic mass is 9.82. The van der Waals surface area contributed by atoms with Crippen molar-refractivity contribution in [2.24, 2.45) is 0 Å². The Labute approximate surface area is 181 Å². The summed E-state index contributed by atoms with van der Waals surface area (Å²) in [5.74, 6) is 1.50. The smallest absolute Gasteiger partial charge is 0.209 e. The van der Waals surface area contributed by atoms with E-state index in [1.165, 1.54) is 11.8 Å². The molecule has 1 aliphatic carbocycles. The van der Waals surface area contributed by atoms with E-state index in [0.29, 0.717) is 12.5 Å². The number of hydrogen-bond donors (Lipinski definition) is 1. The first-order chi connectivity index (χ1) is 14.2. The average Bonchev–Trinajstić information content (AvgIpc) is 2.67. The number of para-hydroxylation sites is 1. The number of hydrogen-bond acceptors (Lipinski definition) is 5. The summed E-state index contributed by atoms with van der Waals surface area (Å²) >= 11 is 0. The van der Waals surface area contributed by atoms with Gasteiger partial charge in [-0.2, -0.15) is 0 Å². The summed E-state index contributed by atoms with van der Waals surface area (Å²) in [5, 5.41) is 0. The summed E-state index contributed by atoms with van der Waals surface area (Å²) in [7, 11) is -3.27. The van der Waals surface area contributed by atoms with E-state index in [9.17, 15) is 8.42 Å². The van der Waals surface area contributed by atoms with Gasteiger partial charge in [0.25, 0.3) is 0 Å². The molecule has 1 N–H and O–H groups in total. The summed E-state index contributed by atoms with van der Waals surface area (Å²) in [6, 6.07) is 8.37.